The fourth-order valence-electron chi connectivity index (χ4n) is 2.65. The molecule has 0 aromatic carbocycles. The predicted octanol–water partition coefficient (Wildman–Crippen LogP) is 2.18. The molecule has 0 radical (unpaired) electrons. The number of nitrogens with zero attached hydrogens (tertiary/aromatic N) is 1. The van der Waals surface area contributed by atoms with E-state index in [0.29, 0.717) is 5.92 Å². The number of hydrogen-bond donors (Lipinski definition) is 1. The average Bonchev–Trinajstić information content (AvgIpc) is 2.56. The zero-order valence-corrected chi connectivity index (χ0v) is 9.35. The first-order valence-electron chi connectivity index (χ1n) is 5.20. The molecule has 0 spiro atoms. The van der Waals surface area contributed by atoms with Gasteiger partial charge in [-0.1, -0.05) is 25.9 Å². The van der Waals surface area contributed by atoms with Crippen LogP contribution in [0.1, 0.15) is 50.1 Å². The van der Waals surface area contributed by atoms with Gasteiger partial charge in [0, 0.05) is 18.0 Å². The van der Waals surface area contributed by atoms with Crippen molar-refractivity contribution >= 4 is 0 Å². The third-order valence-electron chi connectivity index (χ3n) is 3.07. The fourth-order valence-corrected chi connectivity index (χ4v) is 2.65. The van der Waals surface area contributed by atoms with Gasteiger partial charge in [-0.3, -0.25) is 0 Å². The lowest BCUT2D eigenvalue weighted by molar-refractivity contribution is 0.353. The van der Waals surface area contributed by atoms with Gasteiger partial charge in [0.2, 0.25) is 0 Å². The van der Waals surface area contributed by atoms with Crippen LogP contribution in [0.15, 0.2) is 4.52 Å². The summed E-state index contributed by atoms with van der Waals surface area (Å²) in [6.07, 6.45) is 1.17. The molecule has 1 aliphatic rings. The molecule has 1 aromatic rings. The lowest BCUT2D eigenvalue weighted by Crippen LogP contribution is -2.17. The van der Waals surface area contributed by atoms with E-state index in [1.807, 2.05) is 7.05 Å². The third kappa shape index (κ3) is 1.27. The van der Waals surface area contributed by atoms with Crippen LogP contribution in [-0.2, 0) is 12.0 Å². The van der Waals surface area contributed by atoms with Crippen LogP contribution in [-0.4, -0.2) is 12.2 Å². The van der Waals surface area contributed by atoms with Crippen LogP contribution < -0.4 is 5.32 Å². The first-order valence-corrected chi connectivity index (χ1v) is 5.20. The standard InChI is InChI=1S/C11H18N2O/c1-7-5-11(2,3)9-8(6-12-4)13-14-10(7)9/h7,12H,5-6H2,1-4H3. The minimum Gasteiger partial charge on any atom is -0.360 e. The molecule has 1 atom stereocenters. The number of nitrogens with one attached hydrogen (secondary N) is 1. The van der Waals surface area contributed by atoms with E-state index in [9.17, 15) is 0 Å². The second kappa shape index (κ2) is 3.09. The van der Waals surface area contributed by atoms with Gasteiger partial charge in [0.15, 0.2) is 0 Å². The second-order valence-electron chi connectivity index (χ2n) is 4.89. The third-order valence-corrected chi connectivity index (χ3v) is 3.07. The van der Waals surface area contributed by atoms with Crippen LogP contribution >= 0.6 is 0 Å². The quantitative estimate of drug-likeness (QED) is 0.784. The predicted molar refractivity (Wildman–Crippen MR) is 55.3 cm³/mol. The van der Waals surface area contributed by atoms with Gasteiger partial charge in [0.1, 0.15) is 11.5 Å². The molecule has 78 valence electrons. The molecular formula is C11H18N2O. The Balaban J connectivity index is 2.45. The van der Waals surface area contributed by atoms with Crippen molar-refractivity contribution in [1.82, 2.24) is 10.5 Å². The molecule has 0 amide bonds. The molecule has 2 rings (SSSR count). The lowest BCUT2D eigenvalue weighted by Gasteiger charge is -2.18. The molecule has 3 nitrogen and oxygen atoms in total. The Kier molecular flexibility index (Phi) is 2.14. The molecule has 3 heteroatoms. The molecule has 0 saturated carbocycles. The van der Waals surface area contributed by atoms with Crippen molar-refractivity contribution in [3.63, 3.8) is 0 Å². The van der Waals surface area contributed by atoms with E-state index in [1.54, 1.807) is 0 Å². The SMILES string of the molecule is CNCc1noc2c1C(C)(C)CC2C. The summed E-state index contributed by atoms with van der Waals surface area (Å²) in [6.45, 7) is 7.55. The van der Waals surface area contributed by atoms with Gasteiger partial charge in [-0.05, 0) is 18.9 Å². The first kappa shape index (κ1) is 9.71. The highest BCUT2D eigenvalue weighted by molar-refractivity contribution is 5.38. The van der Waals surface area contributed by atoms with Gasteiger partial charge < -0.3 is 9.84 Å². The Labute approximate surface area is 84.9 Å². The minimum atomic E-state index is 0.223. The monoisotopic (exact) mass is 194 g/mol. The molecule has 0 fully saturated rings. The summed E-state index contributed by atoms with van der Waals surface area (Å²) in [5.74, 6) is 1.61. The summed E-state index contributed by atoms with van der Waals surface area (Å²) in [5.41, 5.74) is 2.64. The molecular weight excluding hydrogens is 176 g/mol. The maximum absolute atomic E-state index is 5.42. The molecule has 0 saturated heterocycles. The summed E-state index contributed by atoms with van der Waals surface area (Å²) >= 11 is 0. The topological polar surface area (TPSA) is 38.1 Å². The molecule has 1 heterocycles. The number of hydrogen-bond acceptors (Lipinski definition) is 3. The Bertz CT molecular complexity index is 341. The van der Waals surface area contributed by atoms with E-state index in [4.69, 9.17) is 4.52 Å². The van der Waals surface area contributed by atoms with Crippen molar-refractivity contribution in [3.8, 4) is 0 Å². The molecule has 1 aliphatic carbocycles. The van der Waals surface area contributed by atoms with E-state index >= 15 is 0 Å². The van der Waals surface area contributed by atoms with E-state index in [0.717, 1.165) is 18.0 Å². The van der Waals surface area contributed by atoms with Crippen molar-refractivity contribution in [1.29, 1.82) is 0 Å². The van der Waals surface area contributed by atoms with Gasteiger partial charge in [-0.2, -0.15) is 0 Å². The zero-order chi connectivity index (χ0) is 10.3. The Morgan fingerprint density at radius 3 is 2.93 bits per heavy atom. The van der Waals surface area contributed by atoms with Crippen LogP contribution in [0.5, 0.6) is 0 Å². The first-order chi connectivity index (χ1) is 6.56. The fraction of sp³-hybridized carbons (Fsp3) is 0.727. The summed E-state index contributed by atoms with van der Waals surface area (Å²) in [5, 5.41) is 7.27. The second-order valence-corrected chi connectivity index (χ2v) is 4.89. The van der Waals surface area contributed by atoms with Crippen LogP contribution in [0.25, 0.3) is 0 Å². The van der Waals surface area contributed by atoms with E-state index in [1.165, 1.54) is 12.0 Å². The Morgan fingerprint density at radius 2 is 2.29 bits per heavy atom. The van der Waals surface area contributed by atoms with Crippen molar-refractivity contribution in [2.45, 2.75) is 45.1 Å². The minimum absolute atomic E-state index is 0.223. The van der Waals surface area contributed by atoms with Crippen LogP contribution in [0, 0.1) is 0 Å². The summed E-state index contributed by atoms with van der Waals surface area (Å²) in [7, 11) is 1.94. The van der Waals surface area contributed by atoms with Gasteiger partial charge in [0.25, 0.3) is 0 Å². The largest absolute Gasteiger partial charge is 0.360 e. The van der Waals surface area contributed by atoms with Crippen molar-refractivity contribution in [2.24, 2.45) is 0 Å². The van der Waals surface area contributed by atoms with Crippen molar-refractivity contribution in [2.75, 3.05) is 7.05 Å². The van der Waals surface area contributed by atoms with Gasteiger partial charge in [-0.25, -0.2) is 0 Å². The number of aromatic nitrogens is 1. The summed E-state index contributed by atoms with van der Waals surface area (Å²) < 4.78 is 5.42. The van der Waals surface area contributed by atoms with Crippen molar-refractivity contribution in [3.05, 3.63) is 17.0 Å². The van der Waals surface area contributed by atoms with Gasteiger partial charge in [0.05, 0.1) is 0 Å². The highest BCUT2D eigenvalue weighted by atomic mass is 16.5. The molecule has 14 heavy (non-hydrogen) atoms. The van der Waals surface area contributed by atoms with Crippen molar-refractivity contribution < 1.29 is 4.52 Å². The maximum Gasteiger partial charge on any atom is 0.143 e. The van der Waals surface area contributed by atoms with Gasteiger partial charge in [-0.15, -0.1) is 0 Å². The molecule has 1 unspecified atom stereocenters. The molecule has 1 aromatic heterocycles. The van der Waals surface area contributed by atoms with Crippen LogP contribution in [0.4, 0.5) is 0 Å². The molecule has 1 N–H and O–H groups in total. The smallest absolute Gasteiger partial charge is 0.143 e. The number of fused-ring (bicyclic) bond motifs is 1. The summed E-state index contributed by atoms with van der Waals surface area (Å²) in [4.78, 5) is 0. The molecule has 0 bridgehead atoms. The highest BCUT2D eigenvalue weighted by Crippen LogP contribution is 2.47. The summed E-state index contributed by atoms with van der Waals surface area (Å²) in [6, 6.07) is 0. The van der Waals surface area contributed by atoms with E-state index in [-0.39, 0.29) is 5.41 Å². The lowest BCUT2D eigenvalue weighted by atomic mass is 9.85. The van der Waals surface area contributed by atoms with E-state index < -0.39 is 0 Å². The average molecular weight is 194 g/mol. The van der Waals surface area contributed by atoms with Gasteiger partial charge >= 0.3 is 0 Å². The zero-order valence-electron chi connectivity index (χ0n) is 9.35. The highest BCUT2D eigenvalue weighted by Gasteiger charge is 2.40. The normalized spacial score (nSPS) is 23.9. The maximum atomic E-state index is 5.42. The molecule has 0 aliphatic heterocycles. The van der Waals surface area contributed by atoms with Crippen LogP contribution in [0.3, 0.4) is 0 Å². The van der Waals surface area contributed by atoms with E-state index in [2.05, 4.69) is 31.2 Å². The Hall–Kier alpha value is -0.830. The Morgan fingerprint density at radius 1 is 1.57 bits per heavy atom. The van der Waals surface area contributed by atoms with Crippen LogP contribution in [0.2, 0.25) is 0 Å². The number of rotatable bonds is 2.